The molecule has 1 N–H and O–H groups in total. The third kappa shape index (κ3) is 3.01. The Kier molecular flexibility index (Phi) is 4.25. The Morgan fingerprint density at radius 3 is 2.74 bits per heavy atom. The molecule has 2 atom stereocenters. The van der Waals surface area contributed by atoms with E-state index in [0.29, 0.717) is 19.6 Å². The summed E-state index contributed by atoms with van der Waals surface area (Å²) in [5, 5.41) is 11.0. The molecule has 0 unspecified atom stereocenters. The average Bonchev–Trinajstić information content (AvgIpc) is 3.12. The molecule has 0 radical (unpaired) electrons. The molecule has 1 aromatic heterocycles. The number of aryl methyl sites for hydroxylation is 1. The average molecular weight is 389 g/mol. The summed E-state index contributed by atoms with van der Waals surface area (Å²) in [4.78, 5) is 18.7. The molecule has 0 aliphatic carbocycles. The van der Waals surface area contributed by atoms with Crippen molar-refractivity contribution in [2.45, 2.75) is 13.5 Å². The number of rotatable bonds is 4. The lowest BCUT2D eigenvalue weighted by Gasteiger charge is -2.25. The highest BCUT2D eigenvalue weighted by atomic mass is 32.2. The zero-order valence-electron chi connectivity index (χ0n) is 15.4. The van der Waals surface area contributed by atoms with Crippen molar-refractivity contribution in [3.8, 4) is 0 Å². The molecule has 3 heterocycles. The van der Waals surface area contributed by atoms with Crippen LogP contribution in [0, 0.1) is 18.3 Å². The van der Waals surface area contributed by atoms with Gasteiger partial charge in [0.1, 0.15) is 0 Å². The maximum Gasteiger partial charge on any atom is 0.312 e. The molecular weight excluding hydrogens is 366 g/mol. The van der Waals surface area contributed by atoms with Crippen LogP contribution in [0.2, 0.25) is 0 Å². The molecule has 7 nitrogen and oxygen atoms in total. The lowest BCUT2D eigenvalue weighted by molar-refractivity contribution is -0.148. The Balaban J connectivity index is 1.63. The Morgan fingerprint density at radius 2 is 2.07 bits per heavy atom. The molecule has 2 saturated heterocycles. The summed E-state index contributed by atoms with van der Waals surface area (Å²) in [5.41, 5.74) is 2.20. The van der Waals surface area contributed by atoms with Crippen LogP contribution < -0.4 is 0 Å². The largest absolute Gasteiger partial charge is 0.481 e. The number of aliphatic carboxylic acids is 1. The minimum atomic E-state index is -3.38. The van der Waals surface area contributed by atoms with E-state index in [2.05, 4.69) is 16.8 Å². The van der Waals surface area contributed by atoms with Crippen LogP contribution in [0.1, 0.15) is 11.1 Å². The fraction of sp³-hybridized carbons (Fsp3) is 0.474. The molecule has 144 valence electrons. The Hall–Kier alpha value is -2.03. The van der Waals surface area contributed by atoms with Crippen LogP contribution >= 0.6 is 0 Å². The number of hydrogen-bond acceptors (Lipinski definition) is 5. The summed E-state index contributed by atoms with van der Waals surface area (Å²) < 4.78 is 25.1. The van der Waals surface area contributed by atoms with E-state index in [1.54, 1.807) is 6.20 Å². The van der Waals surface area contributed by atoms with Gasteiger partial charge in [-0.1, -0.05) is 12.1 Å². The summed E-state index contributed by atoms with van der Waals surface area (Å²) >= 11 is 0. The van der Waals surface area contributed by atoms with Gasteiger partial charge in [-0.2, -0.15) is 0 Å². The second-order valence-electron chi connectivity index (χ2n) is 7.81. The SMILES string of the molecule is Cc1ccc2ncccc2c1CN1C[C@@H]2CN(S(C)(=O)=O)C[C@]2(C(=O)O)C1. The third-order valence-electron chi connectivity index (χ3n) is 6.06. The van der Waals surface area contributed by atoms with Gasteiger partial charge in [-0.25, -0.2) is 12.7 Å². The summed E-state index contributed by atoms with van der Waals surface area (Å²) in [6.45, 7) is 3.95. The van der Waals surface area contributed by atoms with Gasteiger partial charge in [-0.3, -0.25) is 14.7 Å². The normalized spacial score (nSPS) is 26.5. The number of carboxylic acid groups (broad SMARTS) is 1. The molecule has 2 aliphatic heterocycles. The number of aromatic nitrogens is 1. The molecule has 2 aliphatic rings. The molecular formula is C19H23N3O4S. The molecule has 1 aromatic carbocycles. The van der Waals surface area contributed by atoms with Gasteiger partial charge in [0.25, 0.3) is 0 Å². The summed E-state index contributed by atoms with van der Waals surface area (Å²) in [6, 6.07) is 7.99. The van der Waals surface area contributed by atoms with Gasteiger partial charge in [0.15, 0.2) is 0 Å². The number of pyridine rings is 1. The lowest BCUT2D eigenvalue weighted by Crippen LogP contribution is -2.41. The van der Waals surface area contributed by atoms with Crippen LogP contribution in [0.3, 0.4) is 0 Å². The van der Waals surface area contributed by atoms with E-state index in [1.807, 2.05) is 24.3 Å². The van der Waals surface area contributed by atoms with Crippen LogP contribution in [-0.2, 0) is 21.4 Å². The van der Waals surface area contributed by atoms with E-state index in [9.17, 15) is 18.3 Å². The van der Waals surface area contributed by atoms with Crippen molar-refractivity contribution < 1.29 is 18.3 Å². The highest BCUT2D eigenvalue weighted by Gasteiger charge is 2.59. The number of hydrogen-bond donors (Lipinski definition) is 1. The predicted octanol–water partition coefficient (Wildman–Crippen LogP) is 1.32. The lowest BCUT2D eigenvalue weighted by atomic mass is 9.81. The van der Waals surface area contributed by atoms with Crippen molar-refractivity contribution in [3.05, 3.63) is 41.6 Å². The maximum absolute atomic E-state index is 12.1. The van der Waals surface area contributed by atoms with Crippen LogP contribution in [-0.4, -0.2) is 66.1 Å². The number of carboxylic acids is 1. The first kappa shape index (κ1) is 18.3. The zero-order valence-corrected chi connectivity index (χ0v) is 16.2. The third-order valence-corrected chi connectivity index (χ3v) is 7.27. The van der Waals surface area contributed by atoms with E-state index >= 15 is 0 Å². The summed E-state index contributed by atoms with van der Waals surface area (Å²) in [6.07, 6.45) is 2.91. The maximum atomic E-state index is 12.1. The van der Waals surface area contributed by atoms with Crippen molar-refractivity contribution in [1.29, 1.82) is 0 Å². The Bertz CT molecular complexity index is 1020. The molecule has 0 saturated carbocycles. The topological polar surface area (TPSA) is 90.8 Å². The van der Waals surface area contributed by atoms with Gasteiger partial charge in [0.05, 0.1) is 17.2 Å². The Morgan fingerprint density at radius 1 is 1.30 bits per heavy atom. The van der Waals surface area contributed by atoms with E-state index < -0.39 is 21.4 Å². The van der Waals surface area contributed by atoms with Gasteiger partial charge in [0, 0.05) is 50.2 Å². The van der Waals surface area contributed by atoms with Crippen molar-refractivity contribution in [1.82, 2.24) is 14.2 Å². The van der Waals surface area contributed by atoms with Crippen molar-refractivity contribution in [2.24, 2.45) is 11.3 Å². The van der Waals surface area contributed by atoms with E-state index in [1.165, 1.54) is 4.31 Å². The molecule has 0 spiro atoms. The van der Waals surface area contributed by atoms with Crippen LogP contribution in [0.4, 0.5) is 0 Å². The minimum absolute atomic E-state index is 0.0540. The fourth-order valence-corrected chi connectivity index (χ4v) is 5.47. The first-order valence-electron chi connectivity index (χ1n) is 8.95. The standard InChI is InChI=1S/C19H23N3O4S/c1-13-5-6-17-15(4-3-7-20-17)16(13)10-21-8-14-9-22(27(2,25)26)12-19(14,11-21)18(23)24/h3-7,14H,8-12H2,1-2H3,(H,23,24)/t14-,19-/m1/s1. The summed E-state index contributed by atoms with van der Waals surface area (Å²) in [5.74, 6) is -1.10. The number of likely N-dealkylation sites (tertiary alicyclic amines) is 1. The number of carbonyl (C=O) groups is 1. The minimum Gasteiger partial charge on any atom is -0.481 e. The van der Waals surface area contributed by atoms with Gasteiger partial charge in [-0.15, -0.1) is 0 Å². The molecule has 8 heteroatoms. The first-order valence-corrected chi connectivity index (χ1v) is 10.8. The fourth-order valence-electron chi connectivity index (χ4n) is 4.55. The molecule has 4 rings (SSSR count). The highest BCUT2D eigenvalue weighted by molar-refractivity contribution is 7.88. The van der Waals surface area contributed by atoms with Crippen LogP contribution in [0.5, 0.6) is 0 Å². The highest BCUT2D eigenvalue weighted by Crippen LogP contribution is 2.44. The second-order valence-corrected chi connectivity index (χ2v) is 9.80. The Labute approximate surface area is 158 Å². The van der Waals surface area contributed by atoms with Crippen molar-refractivity contribution >= 4 is 26.9 Å². The smallest absolute Gasteiger partial charge is 0.312 e. The van der Waals surface area contributed by atoms with E-state index in [0.717, 1.165) is 28.3 Å². The zero-order chi connectivity index (χ0) is 19.4. The predicted molar refractivity (Wildman–Crippen MR) is 102 cm³/mol. The number of sulfonamides is 1. The molecule has 0 bridgehead atoms. The van der Waals surface area contributed by atoms with Gasteiger partial charge >= 0.3 is 5.97 Å². The quantitative estimate of drug-likeness (QED) is 0.848. The van der Waals surface area contributed by atoms with Crippen LogP contribution in [0.15, 0.2) is 30.5 Å². The van der Waals surface area contributed by atoms with Crippen LogP contribution in [0.25, 0.3) is 10.9 Å². The van der Waals surface area contributed by atoms with Gasteiger partial charge < -0.3 is 5.11 Å². The molecule has 2 fully saturated rings. The van der Waals surface area contributed by atoms with Gasteiger partial charge in [0.2, 0.25) is 10.0 Å². The number of fused-ring (bicyclic) bond motifs is 2. The summed E-state index contributed by atoms with van der Waals surface area (Å²) in [7, 11) is -3.38. The van der Waals surface area contributed by atoms with E-state index in [-0.39, 0.29) is 19.0 Å². The molecule has 27 heavy (non-hydrogen) atoms. The second kappa shape index (κ2) is 6.25. The van der Waals surface area contributed by atoms with Crippen molar-refractivity contribution in [3.63, 3.8) is 0 Å². The van der Waals surface area contributed by atoms with Crippen molar-refractivity contribution in [2.75, 3.05) is 32.4 Å². The first-order chi connectivity index (χ1) is 12.7. The van der Waals surface area contributed by atoms with E-state index in [4.69, 9.17) is 0 Å². The molecule has 2 aromatic rings. The monoisotopic (exact) mass is 389 g/mol. The molecule has 0 amide bonds. The van der Waals surface area contributed by atoms with Gasteiger partial charge in [-0.05, 0) is 30.2 Å². The number of benzene rings is 1. The number of nitrogens with zero attached hydrogens (tertiary/aromatic N) is 3.